The molecule has 0 unspecified atom stereocenters. The second-order valence-electron chi connectivity index (χ2n) is 7.13. The largest absolute Gasteiger partial charge is 0.496 e. The Labute approximate surface area is 185 Å². The fourth-order valence-electron chi connectivity index (χ4n) is 3.56. The first-order valence-electron chi connectivity index (χ1n) is 9.34. The summed E-state index contributed by atoms with van der Waals surface area (Å²) in [7, 11) is -2.73. The molecule has 1 fully saturated rings. The molecule has 0 aromatic heterocycles. The lowest BCUT2D eigenvalue weighted by Gasteiger charge is -2.28. The Morgan fingerprint density at radius 3 is 2.33 bits per heavy atom. The fourth-order valence-corrected chi connectivity index (χ4v) is 5.51. The maximum atomic E-state index is 13.4. The number of amides is 1. The summed E-state index contributed by atoms with van der Waals surface area (Å²) in [5.74, 6) is -1.09. The van der Waals surface area contributed by atoms with Crippen LogP contribution in [0.3, 0.4) is 0 Å². The number of carbonyl (C=O) groups excluding carboxylic acids is 2. The van der Waals surface area contributed by atoms with Crippen LogP contribution in [-0.2, 0) is 26.0 Å². The summed E-state index contributed by atoms with van der Waals surface area (Å²) in [6.07, 6.45) is 0.548. The summed E-state index contributed by atoms with van der Waals surface area (Å²) in [6, 6.07) is 9.45. The number of benzene rings is 2. The molecule has 1 saturated heterocycles. The maximum absolute atomic E-state index is 13.4. The molecule has 1 aliphatic rings. The Morgan fingerprint density at radius 2 is 1.70 bits per heavy atom. The van der Waals surface area contributed by atoms with Crippen LogP contribution in [0.5, 0.6) is 5.75 Å². The number of methoxy groups -OCH3 is 1. The molecule has 0 spiro atoms. The Bertz CT molecular complexity index is 1070. The molecule has 2 aromatic carbocycles. The molecule has 1 amide bonds. The van der Waals surface area contributed by atoms with Crippen LogP contribution in [0.15, 0.2) is 47.4 Å². The van der Waals surface area contributed by atoms with E-state index in [1.807, 2.05) is 0 Å². The molecule has 0 radical (unpaired) electrons. The second-order valence-corrected chi connectivity index (χ2v) is 9.82. The molecule has 2 atom stereocenters. The van der Waals surface area contributed by atoms with Gasteiger partial charge in [0.1, 0.15) is 11.8 Å². The van der Waals surface area contributed by atoms with Crippen molar-refractivity contribution in [3.8, 4) is 5.75 Å². The van der Waals surface area contributed by atoms with Gasteiger partial charge in [-0.05, 0) is 67.8 Å². The van der Waals surface area contributed by atoms with Crippen LogP contribution in [0.25, 0.3) is 0 Å². The van der Waals surface area contributed by atoms with Gasteiger partial charge in [-0.2, -0.15) is 0 Å². The van der Waals surface area contributed by atoms with E-state index in [2.05, 4.69) is 0 Å². The van der Waals surface area contributed by atoms with E-state index in [1.54, 1.807) is 18.2 Å². The van der Waals surface area contributed by atoms with Crippen molar-refractivity contribution in [2.24, 2.45) is 5.92 Å². The molecule has 0 saturated carbocycles. The molecule has 9 heteroatoms. The highest BCUT2D eigenvalue weighted by Crippen LogP contribution is 2.32. The number of carbonyl (C=O) groups is 2. The van der Waals surface area contributed by atoms with Crippen LogP contribution in [0.2, 0.25) is 10.0 Å². The molecule has 0 N–H and O–H groups in total. The lowest BCUT2D eigenvalue weighted by molar-refractivity contribution is -0.134. The third-order valence-electron chi connectivity index (χ3n) is 5.20. The summed E-state index contributed by atoms with van der Waals surface area (Å²) in [5.41, 5.74) is 0.675. The van der Waals surface area contributed by atoms with Crippen molar-refractivity contribution < 1.29 is 22.7 Å². The number of ether oxygens (including phenoxy) is 1. The van der Waals surface area contributed by atoms with E-state index in [0.717, 1.165) is 0 Å². The van der Waals surface area contributed by atoms with Gasteiger partial charge in [0.25, 0.3) is 10.0 Å². The molecule has 1 heterocycles. The Morgan fingerprint density at radius 1 is 1.07 bits per heavy atom. The maximum Gasteiger partial charge on any atom is 0.267 e. The molecule has 30 heavy (non-hydrogen) atoms. The first-order chi connectivity index (χ1) is 14.1. The van der Waals surface area contributed by atoms with E-state index in [4.69, 9.17) is 27.9 Å². The second kappa shape index (κ2) is 8.96. The Hall–Kier alpha value is -2.09. The zero-order chi connectivity index (χ0) is 22.1. The quantitative estimate of drug-likeness (QED) is 0.657. The van der Waals surface area contributed by atoms with E-state index in [9.17, 15) is 18.0 Å². The number of halogens is 2. The van der Waals surface area contributed by atoms with Crippen molar-refractivity contribution in [1.29, 1.82) is 0 Å². The topological polar surface area (TPSA) is 80.8 Å². The first-order valence-corrected chi connectivity index (χ1v) is 11.5. The van der Waals surface area contributed by atoms with Gasteiger partial charge in [0.05, 0.1) is 12.0 Å². The van der Waals surface area contributed by atoms with Gasteiger partial charge in [-0.1, -0.05) is 23.2 Å². The van der Waals surface area contributed by atoms with Crippen molar-refractivity contribution in [3.05, 3.63) is 58.1 Å². The number of hydrogen-bond donors (Lipinski definition) is 0. The number of sulfonamides is 1. The average Bonchev–Trinajstić information content (AvgIpc) is 2.80. The summed E-state index contributed by atoms with van der Waals surface area (Å²) in [5, 5.41) is 0.841. The predicted molar refractivity (Wildman–Crippen MR) is 114 cm³/mol. The van der Waals surface area contributed by atoms with Crippen molar-refractivity contribution in [2.45, 2.75) is 37.1 Å². The smallest absolute Gasteiger partial charge is 0.267 e. The highest BCUT2D eigenvalue weighted by Gasteiger charge is 2.42. The monoisotopic (exact) mass is 469 g/mol. The number of hydrogen-bond acceptors (Lipinski definition) is 5. The molecule has 3 rings (SSSR count). The summed E-state index contributed by atoms with van der Waals surface area (Å²) in [4.78, 5) is 25.8. The zero-order valence-corrected chi connectivity index (χ0v) is 18.8. The molecular formula is C21H21Cl2NO5S. The van der Waals surface area contributed by atoms with Gasteiger partial charge in [0, 0.05) is 22.4 Å². The van der Waals surface area contributed by atoms with Crippen LogP contribution in [-0.4, -0.2) is 37.6 Å². The minimum absolute atomic E-state index is 0.0964. The van der Waals surface area contributed by atoms with Crippen molar-refractivity contribution >= 4 is 44.9 Å². The van der Waals surface area contributed by atoms with Gasteiger partial charge in [0.15, 0.2) is 5.78 Å². The summed E-state index contributed by atoms with van der Waals surface area (Å²) >= 11 is 11.9. The highest BCUT2D eigenvalue weighted by molar-refractivity contribution is 7.89. The van der Waals surface area contributed by atoms with Crippen LogP contribution < -0.4 is 4.74 Å². The van der Waals surface area contributed by atoms with Gasteiger partial charge in [-0.3, -0.25) is 9.59 Å². The van der Waals surface area contributed by atoms with Gasteiger partial charge >= 0.3 is 0 Å². The van der Waals surface area contributed by atoms with Gasteiger partial charge in [-0.15, -0.1) is 0 Å². The number of nitrogens with zero attached hydrogens (tertiary/aromatic N) is 1. The molecule has 0 aliphatic carbocycles. The van der Waals surface area contributed by atoms with Crippen molar-refractivity contribution in [3.63, 3.8) is 0 Å². The Balaban J connectivity index is 2.01. The lowest BCUT2D eigenvalue weighted by atomic mass is 9.93. The van der Waals surface area contributed by atoms with E-state index < -0.39 is 27.9 Å². The average molecular weight is 470 g/mol. The van der Waals surface area contributed by atoms with E-state index in [1.165, 1.54) is 38.3 Å². The first kappa shape index (κ1) is 22.6. The predicted octanol–water partition coefficient (Wildman–Crippen LogP) is 4.13. The molecule has 2 aromatic rings. The van der Waals surface area contributed by atoms with E-state index in [0.29, 0.717) is 25.7 Å². The van der Waals surface area contributed by atoms with Crippen molar-refractivity contribution in [2.75, 3.05) is 7.11 Å². The number of rotatable bonds is 5. The number of Topliss-reactive ketones (excluding diaryl/α,β-unsaturated/α-hetero) is 1. The van der Waals surface area contributed by atoms with Gasteiger partial charge < -0.3 is 4.74 Å². The molecule has 0 bridgehead atoms. The van der Waals surface area contributed by atoms with Crippen LogP contribution in [0.1, 0.15) is 25.3 Å². The fraction of sp³-hybridized carbons (Fsp3) is 0.333. The highest BCUT2D eigenvalue weighted by atomic mass is 35.5. The van der Waals surface area contributed by atoms with Crippen LogP contribution >= 0.6 is 23.2 Å². The molecule has 160 valence electrons. The number of ketones is 1. The normalized spacial score (nSPS) is 20.2. The molecule has 6 nitrogen and oxygen atoms in total. The minimum Gasteiger partial charge on any atom is -0.496 e. The van der Waals surface area contributed by atoms with Gasteiger partial charge in [0.2, 0.25) is 5.91 Å². The van der Waals surface area contributed by atoms with Crippen molar-refractivity contribution in [1.82, 2.24) is 4.31 Å². The molecular weight excluding hydrogens is 449 g/mol. The third kappa shape index (κ3) is 4.48. The lowest BCUT2D eigenvalue weighted by Crippen LogP contribution is -2.47. The summed E-state index contributed by atoms with van der Waals surface area (Å²) < 4.78 is 32.6. The summed E-state index contributed by atoms with van der Waals surface area (Å²) in [6.45, 7) is 1.44. The third-order valence-corrected chi connectivity index (χ3v) is 7.57. The zero-order valence-electron chi connectivity index (χ0n) is 16.5. The molecule has 1 aliphatic heterocycles. The standard InChI is InChI=1S/C21H21Cl2NO5S/c1-13-19(25)9-3-14(11-15-12-17(23)6-10-20(15)29-2)21(26)24(13)30(27,28)18-7-4-16(22)5-8-18/h4-8,10,12-14H,3,9,11H2,1-2H3/t13-,14+/m1/s1. The SMILES string of the molecule is COc1ccc(Cl)cc1C[C@@H]1CCC(=O)[C@@H](C)N(S(=O)(=O)c2ccc(Cl)cc2)C1=O. The minimum atomic E-state index is -4.24. The van der Waals surface area contributed by atoms with E-state index in [-0.39, 0.29) is 29.9 Å². The van der Waals surface area contributed by atoms with E-state index >= 15 is 0 Å². The van der Waals surface area contributed by atoms with Crippen LogP contribution in [0, 0.1) is 5.92 Å². The van der Waals surface area contributed by atoms with Gasteiger partial charge in [-0.25, -0.2) is 12.7 Å². The van der Waals surface area contributed by atoms with Crippen LogP contribution in [0.4, 0.5) is 0 Å². The Kier molecular flexibility index (Phi) is 6.75.